The summed E-state index contributed by atoms with van der Waals surface area (Å²) < 4.78 is 1.02. The van der Waals surface area contributed by atoms with Crippen molar-refractivity contribution < 1.29 is 9.90 Å². The van der Waals surface area contributed by atoms with Crippen molar-refractivity contribution in [3.63, 3.8) is 0 Å². The maximum Gasteiger partial charge on any atom is 0.335 e. The third-order valence-corrected chi connectivity index (χ3v) is 2.58. The molecule has 0 aliphatic heterocycles. The van der Waals surface area contributed by atoms with Crippen molar-refractivity contribution in [3.8, 4) is 0 Å². The van der Waals surface area contributed by atoms with Gasteiger partial charge >= 0.3 is 5.97 Å². The average Bonchev–Trinajstić information content (AvgIpc) is 2.49. The number of benzene rings is 1. The van der Waals surface area contributed by atoms with Crippen molar-refractivity contribution in [1.82, 2.24) is 0 Å². The largest absolute Gasteiger partial charge is 0.478 e. The summed E-state index contributed by atoms with van der Waals surface area (Å²) in [5, 5.41) is 11.7. The van der Waals surface area contributed by atoms with Crippen molar-refractivity contribution in [2.24, 2.45) is 0 Å². The van der Waals surface area contributed by atoms with Gasteiger partial charge in [0.05, 0.1) is 5.56 Å². The van der Waals surface area contributed by atoms with E-state index in [0.717, 1.165) is 10.1 Å². The summed E-state index contributed by atoms with van der Waals surface area (Å²) in [5.41, 5.74) is 0.352. The maximum absolute atomic E-state index is 10.6. The SMILES string of the molecule is Cl.Cl.Cl.O=C(O)c1ccc2ccsc2c1. The van der Waals surface area contributed by atoms with Crippen molar-refractivity contribution in [1.29, 1.82) is 0 Å². The van der Waals surface area contributed by atoms with Gasteiger partial charge in [-0.2, -0.15) is 0 Å². The van der Waals surface area contributed by atoms with Gasteiger partial charge in [-0.15, -0.1) is 48.6 Å². The van der Waals surface area contributed by atoms with Crippen LogP contribution in [0.15, 0.2) is 29.6 Å². The molecule has 0 bridgehead atoms. The van der Waals surface area contributed by atoms with E-state index in [9.17, 15) is 4.79 Å². The van der Waals surface area contributed by atoms with Crippen LogP contribution in [0, 0.1) is 0 Å². The first-order chi connectivity index (χ1) is 5.77. The first kappa shape index (κ1) is 16.9. The Labute approximate surface area is 110 Å². The predicted molar refractivity (Wildman–Crippen MR) is 70.5 cm³/mol. The van der Waals surface area contributed by atoms with Crippen LogP contribution in [-0.2, 0) is 0 Å². The van der Waals surface area contributed by atoms with E-state index in [-0.39, 0.29) is 37.2 Å². The summed E-state index contributed by atoms with van der Waals surface area (Å²) >= 11 is 1.56. The van der Waals surface area contributed by atoms with E-state index in [1.807, 2.05) is 17.5 Å². The normalized spacial score (nSPS) is 8.27. The number of hydrogen-bond donors (Lipinski definition) is 1. The summed E-state index contributed by atoms with van der Waals surface area (Å²) in [7, 11) is 0. The molecule has 2 rings (SSSR count). The number of rotatable bonds is 1. The van der Waals surface area contributed by atoms with Crippen LogP contribution in [0.3, 0.4) is 0 Å². The second-order valence-electron chi connectivity index (χ2n) is 2.48. The fourth-order valence-electron chi connectivity index (χ4n) is 1.09. The van der Waals surface area contributed by atoms with Crippen LogP contribution < -0.4 is 0 Å². The first-order valence-corrected chi connectivity index (χ1v) is 4.36. The molecule has 6 heteroatoms. The first-order valence-electron chi connectivity index (χ1n) is 3.48. The van der Waals surface area contributed by atoms with E-state index in [0.29, 0.717) is 5.56 Å². The second-order valence-corrected chi connectivity index (χ2v) is 3.43. The van der Waals surface area contributed by atoms with Gasteiger partial charge in [-0.1, -0.05) is 6.07 Å². The highest BCUT2D eigenvalue weighted by molar-refractivity contribution is 7.17. The molecule has 1 heterocycles. The lowest BCUT2D eigenvalue weighted by molar-refractivity contribution is 0.0697. The van der Waals surface area contributed by atoms with E-state index in [1.165, 1.54) is 0 Å². The lowest BCUT2D eigenvalue weighted by Crippen LogP contribution is -1.94. The van der Waals surface area contributed by atoms with Crippen LogP contribution in [0.25, 0.3) is 10.1 Å². The molecule has 15 heavy (non-hydrogen) atoms. The standard InChI is InChI=1S/C9H6O2S.3ClH/c10-9(11)7-2-1-6-3-4-12-8(6)5-7;;;/h1-5H,(H,10,11);3*1H. The van der Waals surface area contributed by atoms with E-state index < -0.39 is 5.97 Å². The number of fused-ring (bicyclic) bond motifs is 1. The Morgan fingerprint density at radius 2 is 1.80 bits per heavy atom. The highest BCUT2D eigenvalue weighted by atomic mass is 35.5. The summed E-state index contributed by atoms with van der Waals surface area (Å²) in [4.78, 5) is 10.6. The van der Waals surface area contributed by atoms with Crippen molar-refractivity contribution in [2.75, 3.05) is 0 Å². The van der Waals surface area contributed by atoms with E-state index in [1.54, 1.807) is 23.5 Å². The number of carbonyl (C=O) groups is 1. The van der Waals surface area contributed by atoms with Gasteiger partial charge in [0.25, 0.3) is 0 Å². The summed E-state index contributed by atoms with van der Waals surface area (Å²) in [6, 6.07) is 7.13. The number of halogens is 3. The Bertz CT molecular complexity index is 442. The Balaban J connectivity index is 0. The quantitative estimate of drug-likeness (QED) is 0.864. The van der Waals surface area contributed by atoms with Gasteiger partial charge in [0.1, 0.15) is 0 Å². The van der Waals surface area contributed by atoms with Gasteiger partial charge in [-0.25, -0.2) is 4.79 Å². The van der Waals surface area contributed by atoms with Crippen LogP contribution in [0.5, 0.6) is 0 Å². The van der Waals surface area contributed by atoms with Crippen LogP contribution in [-0.4, -0.2) is 11.1 Å². The zero-order chi connectivity index (χ0) is 8.55. The van der Waals surface area contributed by atoms with E-state index in [4.69, 9.17) is 5.11 Å². The van der Waals surface area contributed by atoms with Crippen LogP contribution in [0.1, 0.15) is 10.4 Å². The number of hydrogen-bond acceptors (Lipinski definition) is 2. The molecule has 0 saturated carbocycles. The highest BCUT2D eigenvalue weighted by Crippen LogP contribution is 2.21. The van der Waals surface area contributed by atoms with Gasteiger partial charge in [-0.3, -0.25) is 0 Å². The Morgan fingerprint density at radius 1 is 1.13 bits per heavy atom. The maximum atomic E-state index is 10.6. The number of thiophene rings is 1. The van der Waals surface area contributed by atoms with Gasteiger partial charge in [0.15, 0.2) is 0 Å². The Kier molecular flexibility index (Phi) is 7.79. The summed E-state index contributed by atoms with van der Waals surface area (Å²) in [6.07, 6.45) is 0. The minimum atomic E-state index is -0.870. The molecule has 0 aliphatic carbocycles. The van der Waals surface area contributed by atoms with Crippen molar-refractivity contribution >= 4 is 64.6 Å². The topological polar surface area (TPSA) is 37.3 Å². The average molecular weight is 288 g/mol. The molecule has 84 valence electrons. The summed E-state index contributed by atoms with van der Waals surface area (Å²) in [5.74, 6) is -0.870. The number of aromatic carboxylic acids is 1. The fraction of sp³-hybridized carbons (Fsp3) is 0. The summed E-state index contributed by atoms with van der Waals surface area (Å²) in [6.45, 7) is 0. The molecule has 1 aromatic carbocycles. The van der Waals surface area contributed by atoms with Gasteiger partial charge in [0, 0.05) is 4.70 Å². The molecule has 0 saturated heterocycles. The monoisotopic (exact) mass is 286 g/mol. The van der Waals surface area contributed by atoms with Gasteiger partial charge in [0.2, 0.25) is 0 Å². The molecule has 0 atom stereocenters. The van der Waals surface area contributed by atoms with Crippen LogP contribution >= 0.6 is 48.6 Å². The fourth-order valence-corrected chi connectivity index (χ4v) is 1.92. The molecule has 0 unspecified atom stereocenters. The third kappa shape index (κ3) is 3.54. The number of carboxylic acid groups (broad SMARTS) is 1. The zero-order valence-corrected chi connectivity index (χ0v) is 10.6. The smallest absolute Gasteiger partial charge is 0.335 e. The van der Waals surface area contributed by atoms with Gasteiger partial charge in [-0.05, 0) is 29.0 Å². The molecule has 2 aromatic rings. The van der Waals surface area contributed by atoms with E-state index >= 15 is 0 Å². The van der Waals surface area contributed by atoms with E-state index in [2.05, 4.69) is 0 Å². The lowest BCUT2D eigenvalue weighted by atomic mass is 10.2. The Hall–Kier alpha value is -0.480. The molecule has 0 amide bonds. The minimum Gasteiger partial charge on any atom is -0.478 e. The Morgan fingerprint density at radius 3 is 2.40 bits per heavy atom. The molecule has 0 spiro atoms. The third-order valence-electron chi connectivity index (χ3n) is 1.70. The molecule has 0 fully saturated rings. The molecule has 0 aliphatic rings. The molecule has 1 N–H and O–H groups in total. The molecule has 0 radical (unpaired) electrons. The molecular weight excluding hydrogens is 279 g/mol. The molecular formula is C9H9Cl3O2S. The van der Waals surface area contributed by atoms with Crippen LogP contribution in [0.4, 0.5) is 0 Å². The zero-order valence-electron chi connectivity index (χ0n) is 7.38. The van der Waals surface area contributed by atoms with Crippen LogP contribution in [0.2, 0.25) is 0 Å². The predicted octanol–water partition coefficient (Wildman–Crippen LogP) is 3.86. The van der Waals surface area contributed by atoms with Gasteiger partial charge < -0.3 is 5.11 Å². The second kappa shape index (κ2) is 6.90. The minimum absolute atomic E-state index is 0. The lowest BCUT2D eigenvalue weighted by Gasteiger charge is -1.92. The number of carboxylic acids is 1. The van der Waals surface area contributed by atoms with Crippen molar-refractivity contribution in [2.45, 2.75) is 0 Å². The van der Waals surface area contributed by atoms with Crippen molar-refractivity contribution in [3.05, 3.63) is 35.2 Å². The molecule has 2 nitrogen and oxygen atoms in total. The highest BCUT2D eigenvalue weighted by Gasteiger charge is 2.03. The molecule has 1 aromatic heterocycles.